The van der Waals surface area contributed by atoms with E-state index in [1.54, 1.807) is 36.4 Å². The van der Waals surface area contributed by atoms with Gasteiger partial charge in [-0.15, -0.1) is 0 Å². The van der Waals surface area contributed by atoms with Gasteiger partial charge < -0.3 is 15.4 Å². The molecule has 1 fully saturated rings. The minimum atomic E-state index is -0.216. The van der Waals surface area contributed by atoms with E-state index in [-0.39, 0.29) is 17.7 Å². The highest BCUT2D eigenvalue weighted by atomic mass is 16.5. The maximum atomic E-state index is 12.5. The summed E-state index contributed by atoms with van der Waals surface area (Å²) >= 11 is 0. The van der Waals surface area contributed by atoms with Crippen LogP contribution in [0.2, 0.25) is 0 Å². The standard InChI is InChI=1S/C24H28N2O3/c1-17(2)16-29-22-13-11-19(12-14-22)24(28)26-21-10-6-9-20(15-21)25-23(27)18-7-4-3-5-8-18/h6,9-15,18H,1,3-5,7-8,16H2,2H3,(H,25,27)(H,26,28). The van der Waals surface area contributed by atoms with Crippen LogP contribution in [0.3, 0.4) is 0 Å². The Morgan fingerprint density at radius 3 is 2.31 bits per heavy atom. The minimum Gasteiger partial charge on any atom is -0.489 e. The van der Waals surface area contributed by atoms with Gasteiger partial charge >= 0.3 is 0 Å². The number of rotatable bonds is 7. The molecule has 0 aromatic heterocycles. The first-order chi connectivity index (χ1) is 14.0. The first-order valence-electron chi connectivity index (χ1n) is 10.1. The molecule has 5 nitrogen and oxygen atoms in total. The van der Waals surface area contributed by atoms with Crippen molar-refractivity contribution in [2.24, 2.45) is 5.92 Å². The molecular formula is C24H28N2O3. The molecule has 1 aliphatic rings. The molecule has 5 heteroatoms. The van der Waals surface area contributed by atoms with Crippen LogP contribution in [0.25, 0.3) is 0 Å². The molecule has 152 valence electrons. The highest BCUT2D eigenvalue weighted by Crippen LogP contribution is 2.25. The second-order valence-corrected chi connectivity index (χ2v) is 7.63. The van der Waals surface area contributed by atoms with Crippen molar-refractivity contribution in [3.05, 3.63) is 66.2 Å². The molecule has 0 bridgehead atoms. The Balaban J connectivity index is 1.58. The summed E-state index contributed by atoms with van der Waals surface area (Å²) in [6.45, 7) is 6.14. The number of anilines is 2. The third kappa shape index (κ3) is 6.21. The maximum absolute atomic E-state index is 12.5. The van der Waals surface area contributed by atoms with Gasteiger partial charge in [-0.3, -0.25) is 9.59 Å². The predicted molar refractivity (Wildman–Crippen MR) is 116 cm³/mol. The lowest BCUT2D eigenvalue weighted by Crippen LogP contribution is -2.24. The van der Waals surface area contributed by atoms with E-state index in [1.807, 2.05) is 19.1 Å². The molecule has 2 aromatic carbocycles. The quantitative estimate of drug-likeness (QED) is 0.619. The number of hydrogen-bond donors (Lipinski definition) is 2. The zero-order chi connectivity index (χ0) is 20.6. The van der Waals surface area contributed by atoms with Gasteiger partial charge in [0.2, 0.25) is 5.91 Å². The van der Waals surface area contributed by atoms with Crippen LogP contribution in [0.5, 0.6) is 5.75 Å². The molecule has 0 spiro atoms. The molecule has 0 unspecified atom stereocenters. The average molecular weight is 392 g/mol. The van der Waals surface area contributed by atoms with Crippen LogP contribution in [0, 0.1) is 5.92 Å². The summed E-state index contributed by atoms with van der Waals surface area (Å²) in [5, 5.41) is 5.86. The molecule has 0 aliphatic heterocycles. The van der Waals surface area contributed by atoms with Gasteiger partial charge in [0.25, 0.3) is 5.91 Å². The van der Waals surface area contributed by atoms with E-state index < -0.39 is 0 Å². The van der Waals surface area contributed by atoms with E-state index >= 15 is 0 Å². The van der Waals surface area contributed by atoms with Crippen molar-refractivity contribution in [1.82, 2.24) is 0 Å². The molecule has 0 heterocycles. The topological polar surface area (TPSA) is 67.4 Å². The number of ether oxygens (including phenoxy) is 1. The van der Waals surface area contributed by atoms with Crippen molar-refractivity contribution >= 4 is 23.2 Å². The lowest BCUT2D eigenvalue weighted by Gasteiger charge is -2.20. The summed E-state index contributed by atoms with van der Waals surface area (Å²) < 4.78 is 5.55. The molecule has 2 N–H and O–H groups in total. The second kappa shape index (κ2) is 9.92. The predicted octanol–water partition coefficient (Wildman–Crippen LogP) is 5.41. The fourth-order valence-electron chi connectivity index (χ4n) is 3.40. The third-order valence-electron chi connectivity index (χ3n) is 4.97. The Hall–Kier alpha value is -3.08. The Morgan fingerprint density at radius 1 is 1.00 bits per heavy atom. The Morgan fingerprint density at radius 2 is 1.66 bits per heavy atom. The SMILES string of the molecule is C=C(C)COc1ccc(C(=O)Nc2cccc(NC(=O)C3CCCCC3)c2)cc1. The molecule has 0 radical (unpaired) electrons. The molecule has 2 aromatic rings. The van der Waals surface area contributed by atoms with Gasteiger partial charge in [0, 0.05) is 22.9 Å². The van der Waals surface area contributed by atoms with Crippen molar-refractivity contribution in [1.29, 1.82) is 0 Å². The van der Waals surface area contributed by atoms with Gasteiger partial charge in [0.15, 0.2) is 0 Å². The lowest BCUT2D eigenvalue weighted by atomic mass is 9.88. The monoisotopic (exact) mass is 392 g/mol. The molecule has 2 amide bonds. The molecule has 1 aliphatic carbocycles. The second-order valence-electron chi connectivity index (χ2n) is 7.63. The van der Waals surface area contributed by atoms with Gasteiger partial charge in [-0.1, -0.05) is 31.9 Å². The molecule has 29 heavy (non-hydrogen) atoms. The van der Waals surface area contributed by atoms with Crippen LogP contribution in [0.4, 0.5) is 11.4 Å². The largest absolute Gasteiger partial charge is 0.489 e. The Kier molecular flexibility index (Phi) is 7.06. The Labute approximate surface area is 172 Å². The fourth-order valence-corrected chi connectivity index (χ4v) is 3.40. The van der Waals surface area contributed by atoms with E-state index in [9.17, 15) is 9.59 Å². The number of amides is 2. The highest BCUT2D eigenvalue weighted by molar-refractivity contribution is 6.04. The summed E-state index contributed by atoms with van der Waals surface area (Å²) in [6, 6.07) is 14.2. The van der Waals surface area contributed by atoms with Crippen molar-refractivity contribution in [2.45, 2.75) is 39.0 Å². The van der Waals surface area contributed by atoms with Gasteiger partial charge in [-0.25, -0.2) is 0 Å². The first-order valence-corrected chi connectivity index (χ1v) is 10.1. The van der Waals surface area contributed by atoms with E-state index in [2.05, 4.69) is 17.2 Å². The molecule has 1 saturated carbocycles. The molecule has 0 atom stereocenters. The van der Waals surface area contributed by atoms with Crippen LogP contribution in [-0.4, -0.2) is 18.4 Å². The van der Waals surface area contributed by atoms with Crippen LogP contribution >= 0.6 is 0 Å². The summed E-state index contributed by atoms with van der Waals surface area (Å²) in [7, 11) is 0. The number of hydrogen-bond acceptors (Lipinski definition) is 3. The van der Waals surface area contributed by atoms with Crippen LogP contribution < -0.4 is 15.4 Å². The van der Waals surface area contributed by atoms with E-state index in [1.165, 1.54) is 6.42 Å². The van der Waals surface area contributed by atoms with E-state index in [0.29, 0.717) is 29.3 Å². The maximum Gasteiger partial charge on any atom is 0.255 e. The molecule has 3 rings (SSSR count). The highest BCUT2D eigenvalue weighted by Gasteiger charge is 2.21. The minimum absolute atomic E-state index is 0.0681. The van der Waals surface area contributed by atoms with E-state index in [4.69, 9.17) is 4.74 Å². The van der Waals surface area contributed by atoms with Crippen molar-refractivity contribution in [3.8, 4) is 5.75 Å². The van der Waals surface area contributed by atoms with E-state index in [0.717, 1.165) is 31.3 Å². The van der Waals surface area contributed by atoms with Gasteiger partial charge in [-0.05, 0) is 67.8 Å². The molecular weight excluding hydrogens is 364 g/mol. The third-order valence-corrected chi connectivity index (χ3v) is 4.97. The molecule has 0 saturated heterocycles. The summed E-state index contributed by atoms with van der Waals surface area (Å²) in [4.78, 5) is 25.0. The van der Waals surface area contributed by atoms with Crippen LogP contribution in [-0.2, 0) is 4.79 Å². The fraction of sp³-hybridized carbons (Fsp3) is 0.333. The first kappa shape index (κ1) is 20.6. The van der Waals surface area contributed by atoms with Crippen LogP contribution in [0.15, 0.2) is 60.7 Å². The average Bonchev–Trinajstić information content (AvgIpc) is 2.73. The van der Waals surface area contributed by atoms with Crippen molar-refractivity contribution in [2.75, 3.05) is 17.2 Å². The smallest absolute Gasteiger partial charge is 0.255 e. The normalized spacial score (nSPS) is 14.1. The number of carbonyl (C=O) groups excluding carboxylic acids is 2. The number of benzene rings is 2. The lowest BCUT2D eigenvalue weighted by molar-refractivity contribution is -0.120. The van der Waals surface area contributed by atoms with Crippen LogP contribution in [0.1, 0.15) is 49.4 Å². The van der Waals surface area contributed by atoms with Gasteiger partial charge in [0.05, 0.1) is 0 Å². The van der Waals surface area contributed by atoms with Crippen molar-refractivity contribution in [3.63, 3.8) is 0 Å². The summed E-state index contributed by atoms with van der Waals surface area (Å²) in [5.41, 5.74) is 2.80. The van der Waals surface area contributed by atoms with Gasteiger partial charge in [-0.2, -0.15) is 0 Å². The van der Waals surface area contributed by atoms with Crippen molar-refractivity contribution < 1.29 is 14.3 Å². The number of nitrogens with one attached hydrogen (secondary N) is 2. The summed E-state index contributed by atoms with van der Waals surface area (Å²) in [5.74, 6) is 0.635. The zero-order valence-electron chi connectivity index (χ0n) is 16.9. The number of carbonyl (C=O) groups is 2. The summed E-state index contributed by atoms with van der Waals surface area (Å²) in [6.07, 6.45) is 5.35. The zero-order valence-corrected chi connectivity index (χ0v) is 16.9. The Bertz CT molecular complexity index is 868. The van der Waals surface area contributed by atoms with Gasteiger partial charge in [0.1, 0.15) is 12.4 Å².